The second-order valence-electron chi connectivity index (χ2n) is 10.4. The number of fused-ring (bicyclic) bond motifs is 2. The van der Waals surface area contributed by atoms with Gasteiger partial charge in [0.15, 0.2) is 0 Å². The van der Waals surface area contributed by atoms with E-state index in [1.807, 2.05) is 41.7 Å². The molecular formula is C29H36Cl2F2N4O3S3. The highest BCUT2D eigenvalue weighted by Gasteiger charge is 2.23. The first-order valence-corrected chi connectivity index (χ1v) is 18.4. The molecule has 0 atom stereocenters. The van der Waals surface area contributed by atoms with Gasteiger partial charge in [0.1, 0.15) is 13.3 Å². The molecule has 0 amide bonds. The Hall–Kier alpha value is -1.51. The standard InChI is InChI=1S/C14H16ClFN2S.C12H13ClN2S.C3H7FO3S/c15-11-1-2-13-12(9-11)17-14(19-13)10-3-6-18(7-4-10)8-5-16;13-9-1-2-11-10(7-9)15-12(16-11)8-3-5-14-6-4-8;1-8(5,6)7-3-2-4/h1-2,9-10H,3-8H2;1-2,7-8,14H,3-6H2;2-3H2,1H3. The third kappa shape index (κ3) is 10.8. The fraction of sp³-hybridized carbons (Fsp3) is 0.517. The SMILES string of the molecule is CS(=O)(=O)OCCF.Clc1ccc2sc(C3CCNCC3)nc2c1.FCCN1CCC(c2nc3cc(Cl)ccc3s2)CC1. The van der Waals surface area contributed by atoms with Gasteiger partial charge in [0, 0.05) is 28.4 Å². The van der Waals surface area contributed by atoms with Crippen molar-refractivity contribution in [2.75, 3.05) is 58.9 Å². The van der Waals surface area contributed by atoms with E-state index in [1.54, 1.807) is 11.3 Å². The number of hydrogen-bond donors (Lipinski definition) is 1. The van der Waals surface area contributed by atoms with E-state index in [4.69, 9.17) is 33.2 Å². The number of rotatable bonds is 7. The maximum absolute atomic E-state index is 12.3. The van der Waals surface area contributed by atoms with Crippen molar-refractivity contribution in [1.82, 2.24) is 20.2 Å². The Morgan fingerprint density at radius 1 is 0.884 bits per heavy atom. The second-order valence-corrected chi connectivity index (χ2v) is 15.0. The zero-order chi connectivity index (χ0) is 30.8. The van der Waals surface area contributed by atoms with Crippen LogP contribution in [0.3, 0.4) is 0 Å². The molecule has 43 heavy (non-hydrogen) atoms. The van der Waals surface area contributed by atoms with Crippen LogP contribution >= 0.6 is 45.9 Å². The zero-order valence-corrected chi connectivity index (χ0v) is 27.9. The number of halogens is 4. The van der Waals surface area contributed by atoms with Gasteiger partial charge in [0.05, 0.1) is 43.3 Å². The summed E-state index contributed by atoms with van der Waals surface area (Å²) in [4.78, 5) is 11.6. The lowest BCUT2D eigenvalue weighted by atomic mass is 9.98. The quantitative estimate of drug-likeness (QED) is 0.202. The fourth-order valence-corrected chi connectivity index (χ4v) is 7.89. The Balaban J connectivity index is 0.000000160. The molecule has 2 fully saturated rings. The number of nitrogens with zero attached hydrogens (tertiary/aromatic N) is 3. The predicted molar refractivity (Wildman–Crippen MR) is 175 cm³/mol. The summed E-state index contributed by atoms with van der Waals surface area (Å²) in [7, 11) is -3.43. The van der Waals surface area contributed by atoms with Gasteiger partial charge in [-0.1, -0.05) is 23.2 Å². The molecule has 14 heteroatoms. The van der Waals surface area contributed by atoms with Crippen molar-refractivity contribution >= 4 is 76.4 Å². The van der Waals surface area contributed by atoms with E-state index >= 15 is 0 Å². The summed E-state index contributed by atoms with van der Waals surface area (Å²) in [5.74, 6) is 1.16. The van der Waals surface area contributed by atoms with Crippen molar-refractivity contribution in [1.29, 1.82) is 0 Å². The van der Waals surface area contributed by atoms with Gasteiger partial charge < -0.3 is 10.2 Å². The highest BCUT2D eigenvalue weighted by atomic mass is 35.5. The largest absolute Gasteiger partial charge is 0.317 e. The molecule has 2 aliphatic heterocycles. The van der Waals surface area contributed by atoms with E-state index in [0.29, 0.717) is 18.4 Å². The van der Waals surface area contributed by atoms with Crippen LogP contribution < -0.4 is 5.32 Å². The molecule has 2 aromatic carbocycles. The Bertz CT molecular complexity index is 1560. The molecule has 4 heterocycles. The molecule has 0 bridgehead atoms. The topological polar surface area (TPSA) is 84.4 Å². The maximum Gasteiger partial charge on any atom is 0.264 e. The molecule has 0 spiro atoms. The lowest BCUT2D eigenvalue weighted by Crippen LogP contribution is -2.34. The van der Waals surface area contributed by atoms with Crippen molar-refractivity contribution in [2.45, 2.75) is 37.5 Å². The molecule has 0 unspecified atom stereocenters. The number of thiazole rings is 2. The number of aromatic nitrogens is 2. The smallest absolute Gasteiger partial charge is 0.264 e. The molecule has 1 N–H and O–H groups in total. The number of benzene rings is 2. The van der Waals surface area contributed by atoms with Crippen LogP contribution in [0.1, 0.15) is 47.5 Å². The summed E-state index contributed by atoms with van der Waals surface area (Å²) >= 11 is 15.5. The molecule has 0 radical (unpaired) electrons. The van der Waals surface area contributed by atoms with Gasteiger partial charge in [0.25, 0.3) is 10.1 Å². The van der Waals surface area contributed by atoms with Crippen molar-refractivity contribution in [3.63, 3.8) is 0 Å². The Morgan fingerprint density at radius 3 is 1.84 bits per heavy atom. The molecule has 0 saturated carbocycles. The van der Waals surface area contributed by atoms with Crippen LogP contribution in [-0.4, -0.2) is 82.2 Å². The summed E-state index contributed by atoms with van der Waals surface area (Å²) in [5, 5.41) is 7.38. The van der Waals surface area contributed by atoms with Gasteiger partial charge in [0.2, 0.25) is 0 Å². The van der Waals surface area contributed by atoms with E-state index in [1.165, 1.54) is 32.3 Å². The Labute approximate surface area is 269 Å². The maximum atomic E-state index is 12.3. The molecule has 2 saturated heterocycles. The van der Waals surface area contributed by atoms with Gasteiger partial charge in [-0.05, 0) is 88.3 Å². The molecule has 6 rings (SSSR count). The lowest BCUT2D eigenvalue weighted by Gasteiger charge is -2.30. The van der Waals surface area contributed by atoms with Gasteiger partial charge in [-0.3, -0.25) is 4.18 Å². The van der Waals surface area contributed by atoms with Crippen LogP contribution in [0, 0.1) is 0 Å². The molecule has 2 aliphatic rings. The molecule has 4 aromatic rings. The minimum absolute atomic E-state index is 0.246. The van der Waals surface area contributed by atoms with Crippen molar-refractivity contribution in [3.05, 3.63) is 56.5 Å². The number of nitrogens with one attached hydrogen (secondary N) is 1. The van der Waals surface area contributed by atoms with Crippen LogP contribution in [0.5, 0.6) is 0 Å². The zero-order valence-electron chi connectivity index (χ0n) is 23.9. The monoisotopic (exact) mass is 692 g/mol. The van der Waals surface area contributed by atoms with Crippen molar-refractivity contribution in [3.8, 4) is 0 Å². The van der Waals surface area contributed by atoms with Gasteiger partial charge >= 0.3 is 0 Å². The van der Waals surface area contributed by atoms with Crippen molar-refractivity contribution < 1.29 is 21.4 Å². The van der Waals surface area contributed by atoms with E-state index in [-0.39, 0.29) is 13.3 Å². The summed E-state index contributed by atoms with van der Waals surface area (Å²) < 4.78 is 49.9. The number of alkyl halides is 2. The van der Waals surface area contributed by atoms with Crippen LogP contribution in [0.2, 0.25) is 10.0 Å². The summed E-state index contributed by atoms with van der Waals surface area (Å²) in [6.45, 7) is 3.36. The van der Waals surface area contributed by atoms with E-state index in [2.05, 4.69) is 20.5 Å². The van der Waals surface area contributed by atoms with Gasteiger partial charge in [-0.2, -0.15) is 8.42 Å². The van der Waals surface area contributed by atoms with Gasteiger partial charge in [-0.25, -0.2) is 18.7 Å². The average Bonchev–Trinajstić information content (AvgIpc) is 3.61. The molecule has 236 valence electrons. The summed E-state index contributed by atoms with van der Waals surface area (Å²) in [6, 6.07) is 11.8. The van der Waals surface area contributed by atoms with Crippen LogP contribution in [-0.2, 0) is 14.3 Å². The fourth-order valence-electron chi connectivity index (χ4n) is 4.96. The number of piperidine rings is 2. The Morgan fingerprint density at radius 2 is 1.40 bits per heavy atom. The molecule has 7 nitrogen and oxygen atoms in total. The second kappa shape index (κ2) is 16.7. The van der Waals surface area contributed by atoms with Crippen LogP contribution in [0.4, 0.5) is 8.78 Å². The lowest BCUT2D eigenvalue weighted by molar-refractivity contribution is 0.197. The first-order valence-electron chi connectivity index (χ1n) is 14.2. The highest BCUT2D eigenvalue weighted by molar-refractivity contribution is 7.85. The Kier molecular flexibility index (Phi) is 13.3. The average molecular weight is 694 g/mol. The van der Waals surface area contributed by atoms with Crippen LogP contribution in [0.25, 0.3) is 20.4 Å². The van der Waals surface area contributed by atoms with E-state index < -0.39 is 16.8 Å². The molecule has 2 aromatic heterocycles. The number of hydrogen-bond acceptors (Lipinski definition) is 9. The highest BCUT2D eigenvalue weighted by Crippen LogP contribution is 2.35. The summed E-state index contributed by atoms with van der Waals surface area (Å²) in [6.07, 6.45) is 5.44. The van der Waals surface area contributed by atoms with E-state index in [9.17, 15) is 17.2 Å². The molecular weight excluding hydrogens is 657 g/mol. The molecule has 0 aliphatic carbocycles. The van der Waals surface area contributed by atoms with Crippen molar-refractivity contribution in [2.24, 2.45) is 0 Å². The minimum atomic E-state index is -3.43. The third-order valence-corrected chi connectivity index (χ3v) is 10.6. The minimum Gasteiger partial charge on any atom is -0.317 e. The number of likely N-dealkylation sites (tertiary alicyclic amines) is 1. The first-order chi connectivity index (χ1) is 20.6. The predicted octanol–water partition coefficient (Wildman–Crippen LogP) is 7.45. The normalized spacial score (nSPS) is 17.0. The summed E-state index contributed by atoms with van der Waals surface area (Å²) in [5.41, 5.74) is 2.05. The first kappa shape index (κ1) is 34.4. The van der Waals surface area contributed by atoms with E-state index in [0.717, 1.165) is 66.4 Å². The van der Waals surface area contributed by atoms with Gasteiger partial charge in [-0.15, -0.1) is 22.7 Å². The van der Waals surface area contributed by atoms with Crippen LogP contribution in [0.15, 0.2) is 36.4 Å². The third-order valence-electron chi connectivity index (χ3n) is 7.13.